The molecule has 8 heteroatoms. The highest BCUT2D eigenvalue weighted by Crippen LogP contribution is 2.21. The summed E-state index contributed by atoms with van der Waals surface area (Å²) < 4.78 is 35.3. The number of hydroxylamine groups is 1. The van der Waals surface area contributed by atoms with Gasteiger partial charge >= 0.3 is 6.18 Å². The molecule has 18 heavy (non-hydrogen) atoms. The summed E-state index contributed by atoms with van der Waals surface area (Å²) in [6, 6.07) is 4.37. The van der Waals surface area contributed by atoms with Crippen LogP contribution < -0.4 is 5.48 Å². The number of hydrogen-bond donors (Lipinski definition) is 1. The highest BCUT2D eigenvalue weighted by atomic mass is 19.4. The number of nitrogens with one attached hydrogen (secondary N) is 1. The molecule has 0 heterocycles. The van der Waals surface area contributed by atoms with Crippen LogP contribution in [0.1, 0.15) is 11.1 Å². The molecular formula is C10H11F3N2O3. The van der Waals surface area contributed by atoms with E-state index in [4.69, 9.17) is 0 Å². The standard InChI is InChI=1S/C10H11F3N2O3/c1-7-8(3-2-4-9(7)15(16)17)5-14-18-6-10(11,12)13/h2-4,14H,5-6H2,1H3. The van der Waals surface area contributed by atoms with E-state index >= 15 is 0 Å². The number of nitro benzene ring substituents is 1. The van der Waals surface area contributed by atoms with Crippen LogP contribution in [0.5, 0.6) is 0 Å². The van der Waals surface area contributed by atoms with Crippen LogP contribution in [0.25, 0.3) is 0 Å². The number of rotatable bonds is 5. The molecule has 1 aromatic rings. The van der Waals surface area contributed by atoms with Crippen molar-refractivity contribution in [3.63, 3.8) is 0 Å². The lowest BCUT2D eigenvalue weighted by Gasteiger charge is -2.10. The first-order valence-corrected chi connectivity index (χ1v) is 4.95. The fourth-order valence-corrected chi connectivity index (χ4v) is 1.32. The molecule has 5 nitrogen and oxygen atoms in total. The maximum atomic E-state index is 11.8. The van der Waals surface area contributed by atoms with Crippen molar-refractivity contribution in [1.82, 2.24) is 5.48 Å². The van der Waals surface area contributed by atoms with Gasteiger partial charge in [0, 0.05) is 18.2 Å². The smallest absolute Gasteiger partial charge is 0.292 e. The maximum absolute atomic E-state index is 11.8. The van der Waals surface area contributed by atoms with E-state index in [0.717, 1.165) is 0 Å². The molecule has 0 bridgehead atoms. The van der Waals surface area contributed by atoms with Gasteiger partial charge < -0.3 is 0 Å². The summed E-state index contributed by atoms with van der Waals surface area (Å²) in [6.45, 7) is 0.0729. The van der Waals surface area contributed by atoms with Crippen molar-refractivity contribution in [3.8, 4) is 0 Å². The molecule has 0 saturated carbocycles. The van der Waals surface area contributed by atoms with Gasteiger partial charge in [0.1, 0.15) is 0 Å². The molecule has 1 rings (SSSR count). The quantitative estimate of drug-likeness (QED) is 0.504. The zero-order valence-corrected chi connectivity index (χ0v) is 9.45. The summed E-state index contributed by atoms with van der Waals surface area (Å²) in [7, 11) is 0. The molecule has 1 N–H and O–H groups in total. The Morgan fingerprint density at radius 3 is 2.67 bits per heavy atom. The number of hydrogen-bond acceptors (Lipinski definition) is 4. The lowest BCUT2D eigenvalue weighted by molar-refractivity contribution is -0.385. The molecule has 0 saturated heterocycles. The second-order valence-electron chi connectivity index (χ2n) is 3.54. The van der Waals surface area contributed by atoms with Gasteiger partial charge in [0.15, 0.2) is 6.61 Å². The summed E-state index contributed by atoms with van der Waals surface area (Å²) in [4.78, 5) is 14.3. The number of benzene rings is 1. The van der Waals surface area contributed by atoms with E-state index in [9.17, 15) is 23.3 Å². The molecule has 0 unspecified atom stereocenters. The molecule has 0 spiro atoms. The van der Waals surface area contributed by atoms with Gasteiger partial charge in [-0.1, -0.05) is 12.1 Å². The van der Waals surface area contributed by atoms with Crippen molar-refractivity contribution < 1.29 is 22.9 Å². The van der Waals surface area contributed by atoms with E-state index < -0.39 is 17.7 Å². The highest BCUT2D eigenvalue weighted by molar-refractivity contribution is 5.44. The zero-order valence-electron chi connectivity index (χ0n) is 9.45. The summed E-state index contributed by atoms with van der Waals surface area (Å²) >= 11 is 0. The van der Waals surface area contributed by atoms with Crippen LogP contribution in [0, 0.1) is 17.0 Å². The van der Waals surface area contributed by atoms with Crippen LogP contribution in [0.3, 0.4) is 0 Å². The van der Waals surface area contributed by atoms with Crippen molar-refractivity contribution in [2.45, 2.75) is 19.6 Å². The van der Waals surface area contributed by atoms with Crippen LogP contribution in [0.15, 0.2) is 18.2 Å². The van der Waals surface area contributed by atoms with Crippen molar-refractivity contribution >= 4 is 5.69 Å². The van der Waals surface area contributed by atoms with Crippen LogP contribution in [-0.4, -0.2) is 17.7 Å². The normalized spacial score (nSPS) is 11.6. The van der Waals surface area contributed by atoms with Gasteiger partial charge in [-0.25, -0.2) is 0 Å². The molecule has 0 atom stereocenters. The second kappa shape index (κ2) is 5.78. The SMILES string of the molecule is Cc1c(CNOCC(F)(F)F)cccc1[N+](=O)[O-]. The first-order chi connectivity index (χ1) is 8.31. The number of halogens is 3. The fourth-order valence-electron chi connectivity index (χ4n) is 1.32. The average molecular weight is 264 g/mol. The summed E-state index contributed by atoms with van der Waals surface area (Å²) in [5.74, 6) is 0. The van der Waals surface area contributed by atoms with E-state index in [-0.39, 0.29) is 12.2 Å². The van der Waals surface area contributed by atoms with Crippen LogP contribution in [0.2, 0.25) is 0 Å². The monoisotopic (exact) mass is 264 g/mol. The Kier molecular flexibility index (Phi) is 4.62. The minimum Gasteiger partial charge on any atom is -0.292 e. The first kappa shape index (κ1) is 14.4. The predicted molar refractivity (Wildman–Crippen MR) is 56.7 cm³/mol. The largest absolute Gasteiger partial charge is 0.413 e. The number of nitrogens with zero attached hydrogens (tertiary/aromatic N) is 1. The van der Waals surface area contributed by atoms with E-state index in [1.54, 1.807) is 6.07 Å². The second-order valence-corrected chi connectivity index (χ2v) is 3.54. The van der Waals surface area contributed by atoms with Gasteiger partial charge in [0.2, 0.25) is 0 Å². The third kappa shape index (κ3) is 4.30. The van der Waals surface area contributed by atoms with Gasteiger partial charge in [0.25, 0.3) is 5.69 Å². The molecule has 0 fully saturated rings. The molecular weight excluding hydrogens is 253 g/mol. The molecule has 0 aliphatic rings. The van der Waals surface area contributed by atoms with E-state index in [0.29, 0.717) is 11.1 Å². The Morgan fingerprint density at radius 2 is 2.11 bits per heavy atom. The molecule has 0 aromatic heterocycles. The van der Waals surface area contributed by atoms with Crippen molar-refractivity contribution in [3.05, 3.63) is 39.4 Å². The van der Waals surface area contributed by atoms with Gasteiger partial charge in [-0.05, 0) is 12.5 Å². The number of alkyl halides is 3. The van der Waals surface area contributed by atoms with Crippen LogP contribution in [0.4, 0.5) is 18.9 Å². The van der Waals surface area contributed by atoms with Crippen LogP contribution >= 0.6 is 0 Å². The Bertz CT molecular complexity index is 435. The highest BCUT2D eigenvalue weighted by Gasteiger charge is 2.27. The Hall–Kier alpha value is -1.67. The van der Waals surface area contributed by atoms with Crippen molar-refractivity contribution in [1.29, 1.82) is 0 Å². The van der Waals surface area contributed by atoms with Crippen molar-refractivity contribution in [2.24, 2.45) is 0 Å². The molecule has 0 aliphatic heterocycles. The summed E-state index contributed by atoms with van der Waals surface area (Å²) in [6.07, 6.45) is -4.41. The molecule has 1 aromatic carbocycles. The first-order valence-electron chi connectivity index (χ1n) is 4.95. The number of nitro groups is 1. The minimum atomic E-state index is -4.41. The van der Waals surface area contributed by atoms with Gasteiger partial charge in [-0.2, -0.15) is 18.7 Å². The molecule has 0 aliphatic carbocycles. The van der Waals surface area contributed by atoms with Gasteiger partial charge in [-0.15, -0.1) is 0 Å². The summed E-state index contributed by atoms with van der Waals surface area (Å²) in [5.41, 5.74) is 2.94. The molecule has 0 radical (unpaired) electrons. The van der Waals surface area contributed by atoms with Gasteiger partial charge in [-0.3, -0.25) is 15.0 Å². The lowest BCUT2D eigenvalue weighted by atomic mass is 10.1. The molecule has 0 amide bonds. The van der Waals surface area contributed by atoms with Gasteiger partial charge in [0.05, 0.1) is 4.92 Å². The molecule has 100 valence electrons. The lowest BCUT2D eigenvalue weighted by Crippen LogP contribution is -2.24. The van der Waals surface area contributed by atoms with Crippen molar-refractivity contribution in [2.75, 3.05) is 6.61 Å². The van der Waals surface area contributed by atoms with E-state index in [1.165, 1.54) is 19.1 Å². The Morgan fingerprint density at radius 1 is 1.44 bits per heavy atom. The third-order valence-electron chi connectivity index (χ3n) is 2.21. The van der Waals surface area contributed by atoms with E-state index in [1.807, 2.05) is 0 Å². The minimum absolute atomic E-state index is 0.0381. The zero-order chi connectivity index (χ0) is 13.8. The fraction of sp³-hybridized carbons (Fsp3) is 0.400. The maximum Gasteiger partial charge on any atom is 0.413 e. The predicted octanol–water partition coefficient (Wildman–Crippen LogP) is 2.49. The Balaban J connectivity index is 2.58. The summed E-state index contributed by atoms with van der Waals surface area (Å²) in [5, 5.41) is 10.6. The van der Waals surface area contributed by atoms with E-state index in [2.05, 4.69) is 10.3 Å². The Labute approximate surface area is 101 Å². The average Bonchev–Trinajstić information content (AvgIpc) is 2.24. The third-order valence-corrected chi connectivity index (χ3v) is 2.21. The topological polar surface area (TPSA) is 64.4 Å². The van der Waals surface area contributed by atoms with Crippen LogP contribution in [-0.2, 0) is 11.4 Å².